The molecule has 0 unspecified atom stereocenters. The van der Waals surface area contributed by atoms with Crippen LogP contribution in [-0.2, 0) is 9.59 Å². The molecule has 31 heavy (non-hydrogen) atoms. The lowest BCUT2D eigenvalue weighted by Crippen LogP contribution is -2.51. The summed E-state index contributed by atoms with van der Waals surface area (Å²) < 4.78 is 0. The second kappa shape index (κ2) is 9.66. The molecule has 0 radical (unpaired) electrons. The Morgan fingerprint density at radius 1 is 0.903 bits per heavy atom. The van der Waals surface area contributed by atoms with Crippen LogP contribution in [-0.4, -0.2) is 59.6 Å². The third-order valence-electron chi connectivity index (χ3n) is 5.26. The normalized spacial score (nSPS) is 18.5. The minimum atomic E-state index is -0.413. The van der Waals surface area contributed by atoms with Gasteiger partial charge in [0, 0.05) is 31.9 Å². The molecule has 2 aliphatic heterocycles. The summed E-state index contributed by atoms with van der Waals surface area (Å²) >= 11 is 0.872. The number of nitrogens with zero attached hydrogens (tertiary/aromatic N) is 3. The SMILES string of the molecule is O=C(CN1C(=O)S/C(=C/C=C\c2ccccc2)C1=O)N1CCN(c2ccccc2)CC1. The molecule has 2 aromatic carbocycles. The summed E-state index contributed by atoms with van der Waals surface area (Å²) in [6, 6.07) is 19.8. The van der Waals surface area contributed by atoms with Gasteiger partial charge in [-0.05, 0) is 35.5 Å². The van der Waals surface area contributed by atoms with Crippen LogP contribution in [0.2, 0.25) is 0 Å². The van der Waals surface area contributed by atoms with E-state index in [9.17, 15) is 14.4 Å². The van der Waals surface area contributed by atoms with Gasteiger partial charge in [-0.15, -0.1) is 0 Å². The van der Waals surface area contributed by atoms with E-state index in [0.29, 0.717) is 18.0 Å². The molecule has 0 N–H and O–H groups in total. The number of allylic oxidation sites excluding steroid dienone is 2. The highest BCUT2D eigenvalue weighted by molar-refractivity contribution is 8.18. The van der Waals surface area contributed by atoms with E-state index in [1.165, 1.54) is 0 Å². The molecule has 2 fully saturated rings. The number of anilines is 1. The van der Waals surface area contributed by atoms with E-state index >= 15 is 0 Å². The molecule has 2 aliphatic rings. The Morgan fingerprint density at radius 2 is 1.55 bits per heavy atom. The summed E-state index contributed by atoms with van der Waals surface area (Å²) in [6.45, 7) is 2.37. The Bertz CT molecular complexity index is 1010. The largest absolute Gasteiger partial charge is 0.368 e. The Balaban J connectivity index is 1.32. The molecule has 0 bridgehead atoms. The van der Waals surface area contributed by atoms with Crippen molar-refractivity contribution in [3.8, 4) is 0 Å². The Morgan fingerprint density at radius 3 is 2.23 bits per heavy atom. The van der Waals surface area contributed by atoms with Gasteiger partial charge in [-0.3, -0.25) is 19.3 Å². The van der Waals surface area contributed by atoms with Crippen LogP contribution in [0.5, 0.6) is 0 Å². The first-order chi connectivity index (χ1) is 15.1. The number of piperazine rings is 1. The number of carbonyl (C=O) groups is 3. The molecule has 2 aromatic rings. The van der Waals surface area contributed by atoms with Crippen LogP contribution in [0.15, 0.2) is 77.7 Å². The Kier molecular flexibility index (Phi) is 6.52. The lowest BCUT2D eigenvalue weighted by atomic mass is 10.2. The number of amides is 3. The maximum Gasteiger partial charge on any atom is 0.294 e. The van der Waals surface area contributed by atoms with Crippen molar-refractivity contribution < 1.29 is 14.4 Å². The van der Waals surface area contributed by atoms with Gasteiger partial charge in [0.1, 0.15) is 6.54 Å². The van der Waals surface area contributed by atoms with E-state index in [1.54, 1.807) is 17.1 Å². The zero-order valence-corrected chi connectivity index (χ0v) is 17.8. The molecule has 158 valence electrons. The fraction of sp³-hybridized carbons (Fsp3) is 0.208. The molecule has 0 atom stereocenters. The second-order valence-corrected chi connectivity index (χ2v) is 8.26. The van der Waals surface area contributed by atoms with Gasteiger partial charge in [0.15, 0.2) is 0 Å². The number of hydrogen-bond donors (Lipinski definition) is 0. The highest BCUT2D eigenvalue weighted by Gasteiger charge is 2.37. The average molecular weight is 434 g/mol. The topological polar surface area (TPSA) is 60.9 Å². The molecule has 6 nitrogen and oxygen atoms in total. The van der Waals surface area contributed by atoms with E-state index < -0.39 is 11.1 Å². The molecule has 2 heterocycles. The Hall–Kier alpha value is -3.32. The van der Waals surface area contributed by atoms with E-state index in [-0.39, 0.29) is 12.5 Å². The minimum absolute atomic E-state index is 0.198. The van der Waals surface area contributed by atoms with Crippen molar-refractivity contribution >= 4 is 40.6 Å². The third-order valence-corrected chi connectivity index (χ3v) is 6.18. The zero-order chi connectivity index (χ0) is 21.6. The maximum atomic E-state index is 12.7. The van der Waals surface area contributed by atoms with Crippen LogP contribution in [0.4, 0.5) is 10.5 Å². The quantitative estimate of drug-likeness (QED) is 0.674. The number of benzene rings is 2. The van der Waals surface area contributed by atoms with Gasteiger partial charge in [-0.2, -0.15) is 0 Å². The van der Waals surface area contributed by atoms with Crippen molar-refractivity contribution in [2.45, 2.75) is 0 Å². The summed E-state index contributed by atoms with van der Waals surface area (Å²) in [5.74, 6) is -0.611. The Labute approximate surface area is 185 Å². The van der Waals surface area contributed by atoms with Crippen molar-refractivity contribution in [2.75, 3.05) is 37.6 Å². The van der Waals surface area contributed by atoms with Gasteiger partial charge < -0.3 is 9.80 Å². The van der Waals surface area contributed by atoms with Crippen molar-refractivity contribution in [1.29, 1.82) is 0 Å². The highest BCUT2D eigenvalue weighted by Crippen LogP contribution is 2.30. The minimum Gasteiger partial charge on any atom is -0.368 e. The fourth-order valence-electron chi connectivity index (χ4n) is 3.55. The highest BCUT2D eigenvalue weighted by atomic mass is 32.2. The first-order valence-electron chi connectivity index (χ1n) is 10.2. The van der Waals surface area contributed by atoms with Gasteiger partial charge in [0.05, 0.1) is 4.91 Å². The fourth-order valence-corrected chi connectivity index (χ4v) is 4.34. The molecule has 0 aromatic heterocycles. The van der Waals surface area contributed by atoms with Crippen molar-refractivity contribution in [1.82, 2.24) is 9.80 Å². The molecular formula is C24H23N3O3S. The van der Waals surface area contributed by atoms with E-state index in [4.69, 9.17) is 0 Å². The predicted octanol–water partition coefficient (Wildman–Crippen LogP) is 3.63. The number of hydrogen-bond acceptors (Lipinski definition) is 5. The van der Waals surface area contributed by atoms with Crippen LogP contribution in [0.3, 0.4) is 0 Å². The standard InChI is InChI=1S/C24H23N3O3S/c28-22(26-16-14-25(15-17-26)20-11-5-2-6-12-20)18-27-23(29)21(31-24(27)30)13-7-10-19-8-3-1-4-9-19/h1-13H,14-18H2/b10-7-,21-13+. The van der Waals surface area contributed by atoms with Crippen LogP contribution in [0, 0.1) is 0 Å². The van der Waals surface area contributed by atoms with Gasteiger partial charge in [-0.1, -0.05) is 60.7 Å². The predicted molar refractivity (Wildman–Crippen MR) is 123 cm³/mol. The molecule has 0 spiro atoms. The number of carbonyl (C=O) groups excluding carboxylic acids is 3. The van der Waals surface area contributed by atoms with Crippen molar-refractivity contribution in [2.24, 2.45) is 0 Å². The first-order valence-corrected chi connectivity index (χ1v) is 11.0. The summed E-state index contributed by atoms with van der Waals surface area (Å²) in [6.07, 6.45) is 5.24. The molecule has 4 rings (SSSR count). The first kappa shape index (κ1) is 20.9. The zero-order valence-electron chi connectivity index (χ0n) is 17.0. The van der Waals surface area contributed by atoms with Crippen LogP contribution < -0.4 is 4.90 Å². The second-order valence-electron chi connectivity index (χ2n) is 7.26. The van der Waals surface area contributed by atoms with E-state index in [2.05, 4.69) is 17.0 Å². The van der Waals surface area contributed by atoms with E-state index in [1.807, 2.05) is 54.6 Å². The summed E-state index contributed by atoms with van der Waals surface area (Å²) in [7, 11) is 0. The number of thioether (sulfide) groups is 1. The average Bonchev–Trinajstić information content (AvgIpc) is 3.08. The lowest BCUT2D eigenvalue weighted by Gasteiger charge is -2.36. The van der Waals surface area contributed by atoms with Gasteiger partial charge in [0.25, 0.3) is 11.1 Å². The number of para-hydroxylation sites is 1. The maximum absolute atomic E-state index is 12.7. The number of imide groups is 1. The summed E-state index contributed by atoms with van der Waals surface area (Å²) in [5, 5.41) is -0.402. The molecule has 3 amide bonds. The van der Waals surface area contributed by atoms with Crippen LogP contribution in [0.25, 0.3) is 6.08 Å². The smallest absolute Gasteiger partial charge is 0.294 e. The van der Waals surface area contributed by atoms with Gasteiger partial charge in [-0.25, -0.2) is 0 Å². The summed E-state index contributed by atoms with van der Waals surface area (Å²) in [5.41, 5.74) is 2.14. The monoisotopic (exact) mass is 433 g/mol. The molecule has 0 aliphatic carbocycles. The number of rotatable bonds is 5. The molecular weight excluding hydrogens is 410 g/mol. The van der Waals surface area contributed by atoms with Crippen LogP contribution >= 0.6 is 11.8 Å². The van der Waals surface area contributed by atoms with Crippen molar-refractivity contribution in [3.05, 3.63) is 83.3 Å². The van der Waals surface area contributed by atoms with Crippen molar-refractivity contribution in [3.63, 3.8) is 0 Å². The molecule has 2 saturated heterocycles. The third kappa shape index (κ3) is 5.06. The van der Waals surface area contributed by atoms with E-state index in [0.717, 1.165) is 41.0 Å². The van der Waals surface area contributed by atoms with Gasteiger partial charge >= 0.3 is 0 Å². The molecule has 0 saturated carbocycles. The molecule has 7 heteroatoms. The lowest BCUT2D eigenvalue weighted by molar-refractivity contribution is -0.136. The summed E-state index contributed by atoms with van der Waals surface area (Å²) in [4.78, 5) is 43.0. The van der Waals surface area contributed by atoms with Crippen LogP contribution in [0.1, 0.15) is 5.56 Å². The van der Waals surface area contributed by atoms with Gasteiger partial charge in [0.2, 0.25) is 5.91 Å².